The number of aryl methyl sites for hydroxylation is 1. The van der Waals surface area contributed by atoms with Gasteiger partial charge in [-0.15, -0.1) is 0 Å². The van der Waals surface area contributed by atoms with E-state index < -0.39 is 0 Å². The zero-order valence-corrected chi connectivity index (χ0v) is 13.7. The molecule has 1 aliphatic rings. The second-order valence-electron chi connectivity index (χ2n) is 5.65. The predicted molar refractivity (Wildman–Crippen MR) is 89.2 cm³/mol. The van der Waals surface area contributed by atoms with Crippen molar-refractivity contribution < 1.29 is 14.3 Å². The van der Waals surface area contributed by atoms with Gasteiger partial charge >= 0.3 is 6.03 Å². The third-order valence-corrected chi connectivity index (χ3v) is 3.82. The summed E-state index contributed by atoms with van der Waals surface area (Å²) in [7, 11) is 0. The second-order valence-corrected chi connectivity index (χ2v) is 5.65. The molecule has 0 saturated carbocycles. The summed E-state index contributed by atoms with van der Waals surface area (Å²) in [6, 6.07) is 7.32. The van der Waals surface area contributed by atoms with Crippen LogP contribution in [0.4, 0.5) is 4.79 Å². The number of nitrogens with one attached hydrogen (secondary N) is 2. The lowest BCUT2D eigenvalue weighted by atomic mass is 10.1. The zero-order chi connectivity index (χ0) is 16.8. The maximum Gasteiger partial charge on any atom is 0.315 e. The minimum absolute atomic E-state index is 0.119. The average molecular weight is 330 g/mol. The quantitative estimate of drug-likeness (QED) is 0.795. The number of carbonyl (C=O) groups is 1. The summed E-state index contributed by atoms with van der Waals surface area (Å²) >= 11 is 0. The molecule has 7 heteroatoms. The van der Waals surface area contributed by atoms with Crippen LogP contribution in [0.25, 0.3) is 0 Å². The summed E-state index contributed by atoms with van der Waals surface area (Å²) in [6.07, 6.45) is 4.48. The van der Waals surface area contributed by atoms with E-state index in [0.29, 0.717) is 19.8 Å². The molecule has 3 rings (SSSR count). The summed E-state index contributed by atoms with van der Waals surface area (Å²) in [5.41, 5.74) is 0.978. The summed E-state index contributed by atoms with van der Waals surface area (Å²) < 4.78 is 12.9. The van der Waals surface area contributed by atoms with Gasteiger partial charge in [0.1, 0.15) is 13.2 Å². The molecule has 0 aliphatic carbocycles. The number of benzene rings is 1. The van der Waals surface area contributed by atoms with Crippen LogP contribution >= 0.6 is 0 Å². The minimum atomic E-state index is -0.183. The smallest absolute Gasteiger partial charge is 0.315 e. The topological polar surface area (TPSA) is 77.4 Å². The van der Waals surface area contributed by atoms with Crippen molar-refractivity contribution in [3.05, 3.63) is 42.2 Å². The highest BCUT2D eigenvalue weighted by molar-refractivity contribution is 5.74. The molecule has 2 aromatic rings. The number of amides is 2. The maximum atomic E-state index is 12.0. The van der Waals surface area contributed by atoms with Crippen LogP contribution in [0.15, 0.2) is 36.7 Å². The molecule has 0 spiro atoms. The van der Waals surface area contributed by atoms with Crippen molar-refractivity contribution in [1.29, 1.82) is 0 Å². The number of ether oxygens (including phenoxy) is 2. The molecule has 1 atom stereocenters. The van der Waals surface area contributed by atoms with Gasteiger partial charge in [-0.1, -0.05) is 6.07 Å². The van der Waals surface area contributed by atoms with E-state index in [9.17, 15) is 4.79 Å². The first-order valence-corrected chi connectivity index (χ1v) is 8.14. The fourth-order valence-electron chi connectivity index (χ4n) is 2.54. The number of urea groups is 1. The highest BCUT2D eigenvalue weighted by atomic mass is 16.6. The molecule has 2 N–H and O–H groups in total. The van der Waals surface area contributed by atoms with Crippen molar-refractivity contribution in [2.24, 2.45) is 0 Å². The van der Waals surface area contributed by atoms with Crippen molar-refractivity contribution in [1.82, 2.24) is 20.4 Å². The number of hydrogen-bond acceptors (Lipinski definition) is 4. The molecule has 0 bridgehead atoms. The lowest BCUT2D eigenvalue weighted by Gasteiger charge is -2.21. The van der Waals surface area contributed by atoms with Gasteiger partial charge in [-0.2, -0.15) is 5.10 Å². The molecule has 0 fully saturated rings. The van der Waals surface area contributed by atoms with Crippen molar-refractivity contribution >= 4 is 6.03 Å². The maximum absolute atomic E-state index is 12.0. The molecule has 0 saturated heterocycles. The third-order valence-electron chi connectivity index (χ3n) is 3.82. The van der Waals surface area contributed by atoms with Gasteiger partial charge in [0.05, 0.1) is 6.04 Å². The number of hydrogen-bond donors (Lipinski definition) is 2. The standard InChI is InChI=1S/C17H22N4O3/c1-13(14-4-5-15-16(12-14)24-11-10-23-15)20-17(22)18-6-2-8-21-9-3-7-19-21/h3-5,7,9,12-13H,2,6,8,10-11H2,1H3,(H2,18,20,22)/t13-/m1/s1. The van der Waals surface area contributed by atoms with E-state index in [1.165, 1.54) is 0 Å². The molecule has 7 nitrogen and oxygen atoms in total. The Labute approximate surface area is 140 Å². The largest absolute Gasteiger partial charge is 0.486 e. The van der Waals surface area contributed by atoms with Crippen LogP contribution in [0.5, 0.6) is 11.5 Å². The Morgan fingerprint density at radius 3 is 2.96 bits per heavy atom. The molecular formula is C17H22N4O3. The fourth-order valence-corrected chi connectivity index (χ4v) is 2.54. The number of fused-ring (bicyclic) bond motifs is 1. The van der Waals surface area contributed by atoms with Crippen LogP contribution in [0.1, 0.15) is 24.9 Å². The number of nitrogens with zero attached hydrogens (tertiary/aromatic N) is 2. The van der Waals surface area contributed by atoms with Crippen molar-refractivity contribution in [3.8, 4) is 11.5 Å². The minimum Gasteiger partial charge on any atom is -0.486 e. The molecule has 1 aromatic heterocycles. The Morgan fingerprint density at radius 2 is 2.17 bits per heavy atom. The fraction of sp³-hybridized carbons (Fsp3) is 0.412. The van der Waals surface area contributed by atoms with Crippen LogP contribution < -0.4 is 20.1 Å². The Hall–Kier alpha value is -2.70. The Morgan fingerprint density at radius 1 is 1.33 bits per heavy atom. The highest BCUT2D eigenvalue weighted by Gasteiger charge is 2.15. The summed E-state index contributed by atoms with van der Waals surface area (Å²) in [5.74, 6) is 1.48. The van der Waals surface area contributed by atoms with E-state index in [1.54, 1.807) is 6.20 Å². The van der Waals surface area contributed by atoms with Crippen molar-refractivity contribution in [2.45, 2.75) is 25.9 Å². The van der Waals surface area contributed by atoms with Gasteiger partial charge in [-0.25, -0.2) is 4.79 Å². The van der Waals surface area contributed by atoms with E-state index in [1.807, 2.05) is 42.1 Å². The van der Waals surface area contributed by atoms with Gasteiger partial charge in [0.25, 0.3) is 0 Å². The predicted octanol–water partition coefficient (Wildman–Crippen LogP) is 2.10. The number of carbonyl (C=O) groups excluding carboxylic acids is 1. The first kappa shape index (κ1) is 16.2. The summed E-state index contributed by atoms with van der Waals surface area (Å²) in [6.45, 7) is 4.44. The van der Waals surface area contributed by atoms with Gasteiger partial charge in [0.2, 0.25) is 0 Å². The Balaban J connectivity index is 1.43. The van der Waals surface area contributed by atoms with Crippen LogP contribution in [-0.4, -0.2) is 35.6 Å². The van der Waals surface area contributed by atoms with Gasteiger partial charge in [-0.3, -0.25) is 4.68 Å². The molecule has 2 amide bonds. The van der Waals surface area contributed by atoms with Gasteiger partial charge in [0, 0.05) is 25.5 Å². The summed E-state index contributed by atoms with van der Waals surface area (Å²) in [4.78, 5) is 12.0. The van der Waals surface area contributed by atoms with E-state index >= 15 is 0 Å². The molecule has 128 valence electrons. The molecule has 0 unspecified atom stereocenters. The van der Waals surface area contributed by atoms with Gasteiger partial charge < -0.3 is 20.1 Å². The number of aromatic nitrogens is 2. The Kier molecular flexibility index (Phi) is 5.20. The van der Waals surface area contributed by atoms with Crippen molar-refractivity contribution in [3.63, 3.8) is 0 Å². The molecule has 2 heterocycles. The molecular weight excluding hydrogens is 308 g/mol. The van der Waals surface area contributed by atoms with Crippen LogP contribution in [0.3, 0.4) is 0 Å². The van der Waals surface area contributed by atoms with E-state index in [4.69, 9.17) is 9.47 Å². The number of rotatable bonds is 6. The lowest BCUT2D eigenvalue weighted by Crippen LogP contribution is -2.37. The normalized spacial score (nSPS) is 14.0. The Bertz CT molecular complexity index is 672. The van der Waals surface area contributed by atoms with E-state index in [-0.39, 0.29) is 12.1 Å². The first-order chi connectivity index (χ1) is 11.7. The van der Waals surface area contributed by atoms with Crippen molar-refractivity contribution in [2.75, 3.05) is 19.8 Å². The molecule has 1 aromatic carbocycles. The van der Waals surface area contributed by atoms with E-state index in [2.05, 4.69) is 15.7 Å². The monoisotopic (exact) mass is 330 g/mol. The zero-order valence-electron chi connectivity index (χ0n) is 13.7. The molecule has 1 aliphatic heterocycles. The van der Waals surface area contributed by atoms with Gasteiger partial charge in [0.15, 0.2) is 11.5 Å². The van der Waals surface area contributed by atoms with Crippen LogP contribution in [0.2, 0.25) is 0 Å². The SMILES string of the molecule is C[C@@H](NC(=O)NCCCn1cccn1)c1ccc2c(c1)OCCO2. The average Bonchev–Trinajstić information content (AvgIpc) is 3.11. The van der Waals surface area contributed by atoms with Crippen LogP contribution in [0, 0.1) is 0 Å². The first-order valence-electron chi connectivity index (χ1n) is 8.14. The van der Waals surface area contributed by atoms with Gasteiger partial charge in [-0.05, 0) is 37.1 Å². The summed E-state index contributed by atoms with van der Waals surface area (Å²) in [5, 5.41) is 9.91. The van der Waals surface area contributed by atoms with Crippen LogP contribution in [-0.2, 0) is 6.54 Å². The second kappa shape index (κ2) is 7.72. The van der Waals surface area contributed by atoms with E-state index in [0.717, 1.165) is 30.0 Å². The third kappa shape index (κ3) is 4.18. The lowest BCUT2D eigenvalue weighted by molar-refractivity contribution is 0.171. The highest BCUT2D eigenvalue weighted by Crippen LogP contribution is 2.32. The molecule has 0 radical (unpaired) electrons. The molecule has 24 heavy (non-hydrogen) atoms.